The summed E-state index contributed by atoms with van der Waals surface area (Å²) < 4.78 is 3.79. The number of rotatable bonds is 7. The molecule has 2 atom stereocenters. The average Bonchev–Trinajstić information content (AvgIpc) is 3.24. The summed E-state index contributed by atoms with van der Waals surface area (Å²) in [6.07, 6.45) is 1.82. The second-order valence-corrected chi connectivity index (χ2v) is 9.41. The van der Waals surface area contributed by atoms with E-state index in [-0.39, 0.29) is 18.0 Å². The summed E-state index contributed by atoms with van der Waals surface area (Å²) in [4.78, 5) is 39.7. The van der Waals surface area contributed by atoms with Crippen molar-refractivity contribution in [3.8, 4) is 0 Å². The van der Waals surface area contributed by atoms with E-state index in [4.69, 9.17) is 0 Å². The van der Waals surface area contributed by atoms with Crippen LogP contribution in [0.5, 0.6) is 0 Å². The third-order valence-electron chi connectivity index (χ3n) is 4.46. The van der Waals surface area contributed by atoms with Crippen LogP contribution < -0.4 is 5.32 Å². The molecule has 2 aliphatic heterocycles. The van der Waals surface area contributed by atoms with E-state index in [0.717, 1.165) is 10.4 Å². The molecular formula is C18H16N4O4S3. The van der Waals surface area contributed by atoms with E-state index in [2.05, 4.69) is 14.9 Å². The molecule has 0 aliphatic carbocycles. The number of carbonyl (C=O) groups excluding carboxylic acids is 2. The molecule has 1 saturated heterocycles. The number of nitrogens with zero attached hydrogens (tertiary/aromatic N) is 3. The Morgan fingerprint density at radius 2 is 2.10 bits per heavy atom. The van der Waals surface area contributed by atoms with Crippen molar-refractivity contribution in [3.63, 3.8) is 0 Å². The van der Waals surface area contributed by atoms with Crippen LogP contribution in [-0.2, 0) is 26.6 Å². The van der Waals surface area contributed by atoms with Gasteiger partial charge < -0.3 is 10.4 Å². The Kier molecular flexibility index (Phi) is 5.88. The molecule has 0 spiro atoms. The van der Waals surface area contributed by atoms with Crippen LogP contribution >= 0.6 is 35.1 Å². The fourth-order valence-corrected chi connectivity index (χ4v) is 6.24. The summed E-state index contributed by atoms with van der Waals surface area (Å²) in [5, 5.41) is 15.8. The molecule has 1 aromatic carbocycles. The molecule has 1 fully saturated rings. The molecule has 0 bridgehead atoms. The van der Waals surface area contributed by atoms with Crippen LogP contribution in [0.4, 0.5) is 0 Å². The third-order valence-corrected chi connectivity index (χ3v) is 7.90. The lowest BCUT2D eigenvalue weighted by atomic mass is 10.0. The average molecular weight is 449 g/mol. The fraction of sp³-hybridized carbons (Fsp3) is 0.278. The zero-order valence-corrected chi connectivity index (χ0v) is 17.4. The number of aromatic nitrogens is 2. The molecule has 29 heavy (non-hydrogen) atoms. The predicted molar refractivity (Wildman–Crippen MR) is 111 cm³/mol. The van der Waals surface area contributed by atoms with E-state index in [9.17, 15) is 19.5 Å². The van der Waals surface area contributed by atoms with Gasteiger partial charge in [-0.05, 0) is 17.1 Å². The van der Waals surface area contributed by atoms with Crippen LogP contribution in [-0.4, -0.2) is 54.5 Å². The van der Waals surface area contributed by atoms with Crippen molar-refractivity contribution in [1.29, 1.82) is 0 Å². The van der Waals surface area contributed by atoms with Gasteiger partial charge in [-0.15, -0.1) is 28.6 Å². The zero-order chi connectivity index (χ0) is 20.4. The van der Waals surface area contributed by atoms with Crippen LogP contribution in [0.15, 0.2) is 47.1 Å². The van der Waals surface area contributed by atoms with Crippen molar-refractivity contribution < 1.29 is 19.5 Å². The Morgan fingerprint density at radius 1 is 1.31 bits per heavy atom. The molecular weight excluding hydrogens is 432 g/mol. The number of carboxylic acids is 1. The minimum atomic E-state index is -1.14. The van der Waals surface area contributed by atoms with Crippen LogP contribution in [0.2, 0.25) is 0 Å². The Hall–Kier alpha value is -2.37. The fourth-order valence-electron chi connectivity index (χ4n) is 3.12. The summed E-state index contributed by atoms with van der Waals surface area (Å²) in [6, 6.07) is 8.55. The quantitative estimate of drug-likeness (QED) is 0.616. The first-order valence-electron chi connectivity index (χ1n) is 8.68. The highest BCUT2D eigenvalue weighted by molar-refractivity contribution is 8.05. The van der Waals surface area contributed by atoms with E-state index in [1.54, 1.807) is 6.20 Å². The Bertz CT molecular complexity index is 965. The van der Waals surface area contributed by atoms with Crippen molar-refractivity contribution >= 4 is 52.8 Å². The molecule has 1 aromatic heterocycles. The first kappa shape index (κ1) is 19.9. The zero-order valence-electron chi connectivity index (χ0n) is 15.0. The van der Waals surface area contributed by atoms with Crippen molar-refractivity contribution in [3.05, 3.63) is 57.6 Å². The molecule has 150 valence electrons. The van der Waals surface area contributed by atoms with Gasteiger partial charge in [0.25, 0.3) is 5.91 Å². The summed E-state index contributed by atoms with van der Waals surface area (Å²) >= 11 is 4.10. The maximum absolute atomic E-state index is 12.7. The number of nitrogens with one attached hydrogen (secondary N) is 1. The monoisotopic (exact) mass is 448 g/mol. The SMILES string of the molecule is O=C(Cc1ccccc1)N[C@@H]1C(=O)N2C(C(=O)O)=C(SCc3cnns3)CS[C@@H]12. The van der Waals surface area contributed by atoms with E-state index < -0.39 is 23.3 Å². The number of aliphatic carboxylic acids is 1. The Labute approximate surface area is 178 Å². The first-order chi connectivity index (χ1) is 14.0. The van der Waals surface area contributed by atoms with Crippen molar-refractivity contribution in [2.24, 2.45) is 0 Å². The summed E-state index contributed by atoms with van der Waals surface area (Å²) in [5.74, 6) is -0.763. The number of hydrogen-bond donors (Lipinski definition) is 2. The van der Waals surface area contributed by atoms with Crippen molar-refractivity contribution in [2.45, 2.75) is 23.6 Å². The second-order valence-electron chi connectivity index (χ2n) is 6.37. The number of fused-ring (bicyclic) bond motifs is 1. The van der Waals surface area contributed by atoms with Gasteiger partial charge in [0, 0.05) is 16.4 Å². The highest BCUT2D eigenvalue weighted by Crippen LogP contribution is 2.44. The largest absolute Gasteiger partial charge is 0.477 e. The standard InChI is InChI=1S/C18H16N4O4S3/c23-13(6-10-4-2-1-3-5-10)20-14-16(24)22-15(18(25)26)12(9-28-17(14)22)27-8-11-7-19-21-29-11/h1-5,7,14,17H,6,8-9H2,(H,20,23)(H,25,26)/t14-,17+/m1/s1. The molecule has 0 radical (unpaired) electrons. The summed E-state index contributed by atoms with van der Waals surface area (Å²) in [7, 11) is 0. The molecule has 4 rings (SSSR count). The van der Waals surface area contributed by atoms with Gasteiger partial charge in [0.1, 0.15) is 17.1 Å². The minimum Gasteiger partial charge on any atom is -0.477 e. The van der Waals surface area contributed by atoms with Crippen LogP contribution in [0.25, 0.3) is 0 Å². The van der Waals surface area contributed by atoms with Gasteiger partial charge in [-0.25, -0.2) is 4.79 Å². The van der Waals surface area contributed by atoms with Gasteiger partial charge in [0.15, 0.2) is 0 Å². The normalized spacial score (nSPS) is 20.8. The van der Waals surface area contributed by atoms with Crippen LogP contribution in [0.3, 0.4) is 0 Å². The Morgan fingerprint density at radius 3 is 2.79 bits per heavy atom. The molecule has 0 unspecified atom stereocenters. The number of hydrogen-bond acceptors (Lipinski definition) is 8. The third kappa shape index (κ3) is 4.16. The molecule has 2 N–H and O–H groups in total. The molecule has 8 nitrogen and oxygen atoms in total. The Balaban J connectivity index is 1.43. The number of thioether (sulfide) groups is 2. The van der Waals surface area contributed by atoms with Gasteiger partial charge in [-0.2, -0.15) is 0 Å². The molecule has 0 saturated carbocycles. The number of benzene rings is 1. The van der Waals surface area contributed by atoms with Gasteiger partial charge in [0.2, 0.25) is 5.91 Å². The maximum atomic E-state index is 12.7. The first-order valence-corrected chi connectivity index (χ1v) is 11.5. The number of carboxylic acid groups (broad SMARTS) is 1. The maximum Gasteiger partial charge on any atom is 0.353 e. The van der Waals surface area contributed by atoms with Gasteiger partial charge in [-0.1, -0.05) is 34.8 Å². The van der Waals surface area contributed by atoms with Crippen molar-refractivity contribution in [2.75, 3.05) is 5.75 Å². The molecule has 2 amide bonds. The van der Waals surface area contributed by atoms with E-state index in [0.29, 0.717) is 16.4 Å². The lowest BCUT2D eigenvalue weighted by Gasteiger charge is -2.49. The van der Waals surface area contributed by atoms with Crippen LogP contribution in [0, 0.1) is 0 Å². The summed E-state index contributed by atoms with van der Waals surface area (Å²) in [5.41, 5.74) is 0.863. The van der Waals surface area contributed by atoms with E-state index in [1.165, 1.54) is 40.0 Å². The molecule has 3 heterocycles. The van der Waals surface area contributed by atoms with Gasteiger partial charge >= 0.3 is 5.97 Å². The van der Waals surface area contributed by atoms with E-state index in [1.807, 2.05) is 30.3 Å². The van der Waals surface area contributed by atoms with Crippen LogP contribution in [0.1, 0.15) is 10.4 Å². The predicted octanol–water partition coefficient (Wildman–Crippen LogP) is 1.71. The summed E-state index contributed by atoms with van der Waals surface area (Å²) in [6.45, 7) is 0. The number of amides is 2. The molecule has 2 aromatic rings. The van der Waals surface area contributed by atoms with E-state index >= 15 is 0 Å². The smallest absolute Gasteiger partial charge is 0.353 e. The second kappa shape index (κ2) is 8.56. The topological polar surface area (TPSA) is 112 Å². The molecule has 2 aliphatic rings. The van der Waals surface area contributed by atoms with Crippen molar-refractivity contribution in [1.82, 2.24) is 19.8 Å². The minimum absolute atomic E-state index is 0.00906. The highest BCUT2D eigenvalue weighted by atomic mass is 32.2. The highest BCUT2D eigenvalue weighted by Gasteiger charge is 2.54. The lowest BCUT2D eigenvalue weighted by Crippen LogP contribution is -2.70. The number of β-lactam (4-membered cyclic amide) rings is 1. The molecule has 11 heteroatoms. The van der Waals surface area contributed by atoms with Gasteiger partial charge in [0.05, 0.1) is 17.5 Å². The lowest BCUT2D eigenvalue weighted by molar-refractivity contribution is -0.150. The number of carbonyl (C=O) groups is 3. The van der Waals surface area contributed by atoms with Gasteiger partial charge in [-0.3, -0.25) is 14.5 Å².